The van der Waals surface area contributed by atoms with E-state index in [0.29, 0.717) is 43.1 Å². The lowest BCUT2D eigenvalue weighted by molar-refractivity contribution is -0.0443. The zero-order chi connectivity index (χ0) is 21.6. The molecule has 5 rings (SSSR count). The average molecular weight is 429 g/mol. The molecule has 2 aliphatic carbocycles. The Morgan fingerprint density at radius 3 is 2.81 bits per heavy atom. The molecule has 0 radical (unpaired) electrons. The lowest BCUT2D eigenvalue weighted by atomic mass is 9.87. The van der Waals surface area contributed by atoms with Gasteiger partial charge in [0, 0.05) is 45.2 Å². The molecule has 0 amide bonds. The number of pyridine rings is 1. The van der Waals surface area contributed by atoms with Gasteiger partial charge in [-0.3, -0.25) is 0 Å². The van der Waals surface area contributed by atoms with E-state index in [1.165, 1.54) is 6.92 Å². The van der Waals surface area contributed by atoms with Crippen LogP contribution in [-0.2, 0) is 6.42 Å². The maximum Gasteiger partial charge on any atom is 0.248 e. The molecular formula is C23H26F3N5. The summed E-state index contributed by atoms with van der Waals surface area (Å²) in [5, 5.41) is 3.22. The second kappa shape index (κ2) is 7.66. The van der Waals surface area contributed by atoms with Crippen LogP contribution in [0.15, 0.2) is 36.8 Å². The van der Waals surface area contributed by atoms with Crippen LogP contribution >= 0.6 is 0 Å². The van der Waals surface area contributed by atoms with Crippen molar-refractivity contribution in [2.24, 2.45) is 5.92 Å². The Hall–Kier alpha value is -2.90. The first-order valence-electron chi connectivity index (χ1n) is 10.7. The number of fused-ring (bicyclic) bond motifs is 2. The Bertz CT molecular complexity index is 1150. The van der Waals surface area contributed by atoms with E-state index in [4.69, 9.17) is 0 Å². The van der Waals surface area contributed by atoms with Crippen molar-refractivity contribution >= 4 is 17.2 Å². The van der Waals surface area contributed by atoms with Crippen LogP contribution in [0.1, 0.15) is 62.7 Å². The van der Waals surface area contributed by atoms with Crippen molar-refractivity contribution in [2.75, 3.05) is 11.9 Å². The van der Waals surface area contributed by atoms with E-state index in [1.54, 1.807) is 16.8 Å². The Morgan fingerprint density at radius 2 is 2.03 bits per heavy atom. The van der Waals surface area contributed by atoms with Crippen molar-refractivity contribution in [3.8, 4) is 0 Å². The molecule has 1 fully saturated rings. The maximum atomic E-state index is 13.9. The number of imidazole rings is 1. The molecule has 1 atom stereocenters. The molecular weight excluding hydrogens is 403 g/mol. The van der Waals surface area contributed by atoms with Gasteiger partial charge >= 0.3 is 0 Å². The maximum absolute atomic E-state index is 13.9. The van der Waals surface area contributed by atoms with Crippen LogP contribution in [-0.4, -0.2) is 31.8 Å². The van der Waals surface area contributed by atoms with Gasteiger partial charge in [0.2, 0.25) is 11.9 Å². The average Bonchev–Trinajstić information content (AvgIpc) is 3.36. The number of nitrogens with zero attached hydrogens (tertiary/aromatic N) is 4. The van der Waals surface area contributed by atoms with E-state index in [1.807, 2.05) is 18.3 Å². The van der Waals surface area contributed by atoms with Crippen molar-refractivity contribution in [1.82, 2.24) is 19.4 Å². The number of nitrogens with one attached hydrogen (secondary N) is 1. The summed E-state index contributed by atoms with van der Waals surface area (Å²) in [7, 11) is 0. The smallest absolute Gasteiger partial charge is 0.248 e. The minimum absolute atomic E-state index is 0. The summed E-state index contributed by atoms with van der Waals surface area (Å²) in [4.78, 5) is 13.3. The van der Waals surface area contributed by atoms with Crippen molar-refractivity contribution in [1.29, 1.82) is 0 Å². The molecule has 1 N–H and O–H groups in total. The third-order valence-corrected chi connectivity index (χ3v) is 6.30. The first kappa shape index (κ1) is 20.0. The molecule has 1 unspecified atom stereocenters. The van der Waals surface area contributed by atoms with Gasteiger partial charge in [-0.15, -0.1) is 0 Å². The van der Waals surface area contributed by atoms with Gasteiger partial charge in [0.15, 0.2) is 0 Å². The Labute approximate surface area is 179 Å². The Balaban J connectivity index is 0.00000245. The highest BCUT2D eigenvalue weighted by atomic mass is 19.3. The molecule has 0 spiro atoms. The van der Waals surface area contributed by atoms with Crippen LogP contribution < -0.4 is 5.32 Å². The van der Waals surface area contributed by atoms with Crippen LogP contribution in [0.25, 0.3) is 11.2 Å². The standard InChI is InChI=1S/C23H24F3N5.H2/c1-14(24)20-12-27-21-5-2-16(13-31(20)21)17-3-4-19-18(17)11-29-22(30-19)28-10-15-6-8-23(25,26)9-7-15;/h2-3,5,11-15H,4,6-10H2,1H3,(H,28,29,30);1H. The van der Waals surface area contributed by atoms with Crippen molar-refractivity contribution in [3.63, 3.8) is 0 Å². The van der Waals surface area contributed by atoms with Gasteiger partial charge in [0.1, 0.15) is 11.8 Å². The summed E-state index contributed by atoms with van der Waals surface area (Å²) in [5.41, 5.74) is 5.08. The topological polar surface area (TPSA) is 55.1 Å². The fourth-order valence-corrected chi connectivity index (χ4v) is 4.46. The van der Waals surface area contributed by atoms with E-state index in [9.17, 15) is 13.2 Å². The SMILES string of the molecule is CC(F)c1cnc2ccc(C3=CCc4nc(NCC5CCC(F)(F)CC5)ncc43)cn12.[HH]. The molecule has 0 bridgehead atoms. The van der Waals surface area contributed by atoms with Crippen LogP contribution in [0.2, 0.25) is 0 Å². The quantitative estimate of drug-likeness (QED) is 0.571. The number of halogens is 3. The zero-order valence-corrected chi connectivity index (χ0v) is 17.3. The van der Waals surface area contributed by atoms with E-state index in [0.717, 1.165) is 22.4 Å². The monoisotopic (exact) mass is 429 g/mol. The number of hydrogen-bond acceptors (Lipinski definition) is 4. The van der Waals surface area contributed by atoms with E-state index in [2.05, 4.69) is 26.3 Å². The molecule has 31 heavy (non-hydrogen) atoms. The lowest BCUT2D eigenvalue weighted by Crippen LogP contribution is -2.28. The number of hydrogen-bond donors (Lipinski definition) is 1. The highest BCUT2D eigenvalue weighted by Gasteiger charge is 2.34. The zero-order valence-electron chi connectivity index (χ0n) is 17.3. The lowest BCUT2D eigenvalue weighted by Gasteiger charge is -2.28. The fourth-order valence-electron chi connectivity index (χ4n) is 4.46. The number of rotatable bonds is 5. The second-order valence-corrected chi connectivity index (χ2v) is 8.50. The number of aromatic nitrogens is 4. The molecule has 0 aromatic carbocycles. The highest BCUT2D eigenvalue weighted by molar-refractivity contribution is 5.84. The van der Waals surface area contributed by atoms with Gasteiger partial charge in [-0.2, -0.15) is 0 Å². The van der Waals surface area contributed by atoms with Gasteiger partial charge in [0.25, 0.3) is 0 Å². The first-order valence-corrected chi connectivity index (χ1v) is 10.7. The third kappa shape index (κ3) is 3.91. The van der Waals surface area contributed by atoms with Gasteiger partial charge in [-0.05, 0) is 49.0 Å². The second-order valence-electron chi connectivity index (χ2n) is 8.50. The van der Waals surface area contributed by atoms with Gasteiger partial charge in [-0.25, -0.2) is 28.1 Å². The summed E-state index contributed by atoms with van der Waals surface area (Å²) < 4.78 is 42.3. The largest absolute Gasteiger partial charge is 0.354 e. The highest BCUT2D eigenvalue weighted by Crippen LogP contribution is 2.36. The molecule has 164 valence electrons. The molecule has 3 aromatic rings. The summed E-state index contributed by atoms with van der Waals surface area (Å²) in [5.74, 6) is -1.76. The normalized spacial score (nSPS) is 19.3. The van der Waals surface area contributed by atoms with Crippen LogP contribution in [0.3, 0.4) is 0 Å². The summed E-state index contributed by atoms with van der Waals surface area (Å²) >= 11 is 0. The minimum atomic E-state index is -2.51. The Morgan fingerprint density at radius 1 is 1.23 bits per heavy atom. The number of anilines is 1. The molecule has 3 heterocycles. The molecule has 0 saturated heterocycles. The molecule has 0 aliphatic heterocycles. The van der Waals surface area contributed by atoms with E-state index >= 15 is 0 Å². The van der Waals surface area contributed by atoms with Gasteiger partial charge < -0.3 is 9.72 Å². The van der Waals surface area contributed by atoms with Crippen LogP contribution in [0, 0.1) is 5.92 Å². The van der Waals surface area contributed by atoms with Crippen molar-refractivity contribution < 1.29 is 14.6 Å². The predicted octanol–water partition coefficient (Wildman–Crippen LogP) is 5.63. The molecule has 2 aliphatic rings. The van der Waals surface area contributed by atoms with Crippen molar-refractivity contribution in [2.45, 2.75) is 51.1 Å². The number of allylic oxidation sites excluding steroid dienone is 1. The molecule has 1 saturated carbocycles. The Kier molecular flexibility index (Phi) is 4.95. The van der Waals surface area contributed by atoms with Gasteiger partial charge in [-0.1, -0.05) is 6.08 Å². The first-order chi connectivity index (χ1) is 14.9. The van der Waals surface area contributed by atoms with Crippen LogP contribution in [0.4, 0.5) is 19.1 Å². The summed E-state index contributed by atoms with van der Waals surface area (Å²) in [6, 6.07) is 3.85. The predicted molar refractivity (Wildman–Crippen MR) is 115 cm³/mol. The van der Waals surface area contributed by atoms with E-state index < -0.39 is 12.1 Å². The third-order valence-electron chi connectivity index (χ3n) is 6.30. The summed E-state index contributed by atoms with van der Waals surface area (Å²) in [6.45, 7) is 2.11. The minimum Gasteiger partial charge on any atom is -0.354 e. The molecule has 3 aromatic heterocycles. The van der Waals surface area contributed by atoms with Gasteiger partial charge in [0.05, 0.1) is 17.6 Å². The fraction of sp³-hybridized carbons (Fsp3) is 0.435. The molecule has 5 nitrogen and oxygen atoms in total. The van der Waals surface area contributed by atoms with Crippen LogP contribution in [0.5, 0.6) is 0 Å². The van der Waals surface area contributed by atoms with Crippen molar-refractivity contribution in [3.05, 3.63) is 59.3 Å². The summed E-state index contributed by atoms with van der Waals surface area (Å²) in [6.07, 6.45) is 7.91. The number of alkyl halides is 3. The molecule has 8 heteroatoms. The van der Waals surface area contributed by atoms with E-state index in [-0.39, 0.29) is 20.2 Å².